The van der Waals surface area contributed by atoms with E-state index < -0.39 is 0 Å². The highest BCUT2D eigenvalue weighted by molar-refractivity contribution is 7.07. The lowest BCUT2D eigenvalue weighted by molar-refractivity contribution is 0.0607. The second kappa shape index (κ2) is 7.53. The molecule has 150 valence electrons. The topological polar surface area (TPSA) is 35.6 Å². The Morgan fingerprint density at radius 3 is 2.46 bits per heavy atom. The van der Waals surface area contributed by atoms with Crippen LogP contribution in [0.3, 0.4) is 0 Å². The molecule has 5 heteroatoms. The number of nitrogens with one attached hydrogen (secondary N) is 1. The van der Waals surface area contributed by atoms with Crippen LogP contribution < -0.4 is 5.32 Å². The standard InChI is InChI=1S/C23H31N3OS/c1-18(15-19-9-14-28-16-19)26-17-22(24-21(26)27)10-12-23(13-11-22,25(2)3)20-7-5-4-6-8-20/h4-9,14,16,18H,10-13,15,17H2,1-3H3,(H,24,27)/t18-,22-,23-/m0/s1. The molecule has 0 bridgehead atoms. The highest BCUT2D eigenvalue weighted by atomic mass is 32.1. The number of carbonyl (C=O) groups is 1. The first-order valence-corrected chi connectivity index (χ1v) is 11.2. The van der Waals surface area contributed by atoms with Crippen molar-refractivity contribution in [2.75, 3.05) is 20.6 Å². The normalized spacial score (nSPS) is 28.7. The van der Waals surface area contributed by atoms with Crippen molar-refractivity contribution in [1.29, 1.82) is 0 Å². The number of amides is 2. The van der Waals surface area contributed by atoms with Gasteiger partial charge in [-0.25, -0.2) is 4.79 Å². The molecule has 28 heavy (non-hydrogen) atoms. The molecule has 4 nitrogen and oxygen atoms in total. The second-order valence-electron chi connectivity index (χ2n) is 8.82. The Hall–Kier alpha value is -1.85. The average Bonchev–Trinajstić information content (AvgIpc) is 3.31. The molecule has 1 aliphatic heterocycles. The lowest BCUT2D eigenvalue weighted by Crippen LogP contribution is -2.54. The minimum atomic E-state index is -0.0751. The maximum absolute atomic E-state index is 12.8. The summed E-state index contributed by atoms with van der Waals surface area (Å²) < 4.78 is 0. The van der Waals surface area contributed by atoms with E-state index in [-0.39, 0.29) is 23.2 Å². The van der Waals surface area contributed by atoms with Crippen LogP contribution in [0.5, 0.6) is 0 Å². The monoisotopic (exact) mass is 397 g/mol. The molecule has 0 unspecified atom stereocenters. The van der Waals surface area contributed by atoms with E-state index >= 15 is 0 Å². The van der Waals surface area contributed by atoms with E-state index in [2.05, 4.69) is 83.3 Å². The number of nitrogens with zero attached hydrogens (tertiary/aromatic N) is 2. The minimum absolute atomic E-state index is 0.0625. The molecule has 1 spiro atoms. The third-order valence-electron chi connectivity index (χ3n) is 6.95. The van der Waals surface area contributed by atoms with Crippen LogP contribution in [-0.4, -0.2) is 48.1 Å². The van der Waals surface area contributed by atoms with Gasteiger partial charge in [0, 0.05) is 18.1 Å². The zero-order chi connectivity index (χ0) is 19.8. The van der Waals surface area contributed by atoms with Gasteiger partial charge in [-0.15, -0.1) is 0 Å². The summed E-state index contributed by atoms with van der Waals surface area (Å²) in [5.74, 6) is 0. The summed E-state index contributed by atoms with van der Waals surface area (Å²) in [5, 5.41) is 7.68. The fourth-order valence-electron chi connectivity index (χ4n) is 5.12. The highest BCUT2D eigenvalue weighted by Crippen LogP contribution is 2.46. The van der Waals surface area contributed by atoms with Gasteiger partial charge in [-0.3, -0.25) is 4.90 Å². The fraction of sp³-hybridized carbons (Fsp3) is 0.522. The zero-order valence-electron chi connectivity index (χ0n) is 17.1. The maximum atomic E-state index is 12.8. The first kappa shape index (κ1) is 19.5. The number of rotatable bonds is 5. The van der Waals surface area contributed by atoms with Gasteiger partial charge in [-0.05, 0) is 81.1 Å². The predicted octanol–water partition coefficient (Wildman–Crippen LogP) is 4.47. The van der Waals surface area contributed by atoms with Crippen LogP contribution in [0.2, 0.25) is 0 Å². The van der Waals surface area contributed by atoms with Crippen molar-refractivity contribution in [1.82, 2.24) is 15.1 Å². The summed E-state index contributed by atoms with van der Waals surface area (Å²) in [4.78, 5) is 17.2. The lowest BCUT2D eigenvalue weighted by Gasteiger charge is -2.48. The van der Waals surface area contributed by atoms with Crippen LogP contribution in [0, 0.1) is 0 Å². The Kier molecular flexibility index (Phi) is 5.23. The van der Waals surface area contributed by atoms with E-state index in [1.807, 2.05) is 0 Å². The molecule has 1 aromatic heterocycles. The number of benzene rings is 1. The van der Waals surface area contributed by atoms with Crippen LogP contribution in [0.15, 0.2) is 47.2 Å². The number of thiophene rings is 1. The van der Waals surface area contributed by atoms with E-state index in [4.69, 9.17) is 0 Å². The molecular formula is C23H31N3OS. The zero-order valence-corrected chi connectivity index (χ0v) is 18.0. The molecular weight excluding hydrogens is 366 g/mol. The molecule has 1 aliphatic carbocycles. The van der Waals surface area contributed by atoms with Crippen molar-refractivity contribution >= 4 is 17.4 Å². The first-order valence-electron chi connectivity index (χ1n) is 10.3. The molecule has 1 N–H and O–H groups in total. The molecule has 2 heterocycles. The van der Waals surface area contributed by atoms with Gasteiger partial charge >= 0.3 is 6.03 Å². The van der Waals surface area contributed by atoms with E-state index in [9.17, 15) is 4.79 Å². The largest absolute Gasteiger partial charge is 0.331 e. The maximum Gasteiger partial charge on any atom is 0.318 e. The Morgan fingerprint density at radius 2 is 1.86 bits per heavy atom. The van der Waals surface area contributed by atoms with Crippen LogP contribution >= 0.6 is 11.3 Å². The highest BCUT2D eigenvalue weighted by Gasteiger charge is 2.50. The van der Waals surface area contributed by atoms with Crippen molar-refractivity contribution < 1.29 is 4.79 Å². The summed E-state index contributed by atoms with van der Waals surface area (Å²) in [6, 6.07) is 13.4. The molecule has 2 aromatic rings. The number of hydrogen-bond acceptors (Lipinski definition) is 3. The predicted molar refractivity (Wildman–Crippen MR) is 116 cm³/mol. The molecule has 1 aromatic carbocycles. The summed E-state index contributed by atoms with van der Waals surface area (Å²) in [6.45, 7) is 3.00. The van der Waals surface area contributed by atoms with Gasteiger partial charge in [0.1, 0.15) is 0 Å². The molecule has 2 aliphatic rings. The van der Waals surface area contributed by atoms with Crippen LogP contribution in [-0.2, 0) is 12.0 Å². The van der Waals surface area contributed by atoms with Crippen molar-refractivity contribution in [3.05, 3.63) is 58.3 Å². The van der Waals surface area contributed by atoms with E-state index in [1.165, 1.54) is 11.1 Å². The van der Waals surface area contributed by atoms with Gasteiger partial charge < -0.3 is 10.2 Å². The van der Waals surface area contributed by atoms with Gasteiger partial charge in [0.05, 0.1) is 5.54 Å². The van der Waals surface area contributed by atoms with Gasteiger partial charge in [0.25, 0.3) is 0 Å². The SMILES string of the molecule is C[C@@H](Cc1ccsc1)N1C[C@]2(CC[C@@](c3ccccc3)(N(C)C)CC2)NC1=O. The molecule has 2 amide bonds. The van der Waals surface area contributed by atoms with Gasteiger partial charge in [-0.2, -0.15) is 11.3 Å². The smallest absolute Gasteiger partial charge is 0.318 e. The molecule has 1 saturated heterocycles. The molecule has 2 fully saturated rings. The first-order chi connectivity index (χ1) is 13.4. The van der Waals surface area contributed by atoms with Crippen LogP contribution in [0.4, 0.5) is 4.79 Å². The van der Waals surface area contributed by atoms with Crippen molar-refractivity contribution in [2.24, 2.45) is 0 Å². The summed E-state index contributed by atoms with van der Waals surface area (Å²) in [5.41, 5.74) is 2.70. The Morgan fingerprint density at radius 1 is 1.14 bits per heavy atom. The average molecular weight is 398 g/mol. The minimum Gasteiger partial charge on any atom is -0.331 e. The van der Waals surface area contributed by atoms with Crippen molar-refractivity contribution in [3.63, 3.8) is 0 Å². The van der Waals surface area contributed by atoms with Crippen LogP contribution in [0.25, 0.3) is 0 Å². The Bertz CT molecular complexity index is 795. The van der Waals surface area contributed by atoms with Crippen molar-refractivity contribution in [3.8, 4) is 0 Å². The number of urea groups is 1. The number of hydrogen-bond donors (Lipinski definition) is 1. The summed E-state index contributed by atoms with van der Waals surface area (Å²) in [6.07, 6.45) is 5.10. The van der Waals surface area contributed by atoms with E-state index in [0.717, 1.165) is 38.6 Å². The lowest BCUT2D eigenvalue weighted by atomic mass is 9.69. The molecule has 0 radical (unpaired) electrons. The second-order valence-corrected chi connectivity index (χ2v) is 9.60. The molecule has 1 saturated carbocycles. The summed E-state index contributed by atoms with van der Waals surface area (Å²) >= 11 is 1.72. The van der Waals surface area contributed by atoms with Gasteiger partial charge in [0.2, 0.25) is 0 Å². The van der Waals surface area contributed by atoms with Crippen LogP contribution in [0.1, 0.15) is 43.7 Å². The van der Waals surface area contributed by atoms with Crippen molar-refractivity contribution in [2.45, 2.75) is 56.1 Å². The Labute approximate surface area is 172 Å². The molecule has 1 atom stereocenters. The number of carbonyl (C=O) groups excluding carboxylic acids is 1. The quantitative estimate of drug-likeness (QED) is 0.808. The van der Waals surface area contributed by atoms with Gasteiger partial charge in [0.15, 0.2) is 0 Å². The van der Waals surface area contributed by atoms with E-state index in [0.29, 0.717) is 0 Å². The fourth-order valence-corrected chi connectivity index (χ4v) is 5.80. The summed E-state index contributed by atoms with van der Waals surface area (Å²) in [7, 11) is 4.38. The van der Waals surface area contributed by atoms with E-state index in [1.54, 1.807) is 11.3 Å². The third-order valence-corrected chi connectivity index (χ3v) is 7.68. The Balaban J connectivity index is 1.47. The molecule has 4 rings (SSSR count). The third kappa shape index (κ3) is 3.46. The van der Waals surface area contributed by atoms with Gasteiger partial charge in [-0.1, -0.05) is 30.3 Å².